The number of piperidine rings is 1. The molecule has 1 aliphatic carbocycles. The van der Waals surface area contributed by atoms with Crippen molar-refractivity contribution in [3.05, 3.63) is 47.9 Å². The van der Waals surface area contributed by atoms with Crippen molar-refractivity contribution in [2.75, 3.05) is 13.1 Å². The first kappa shape index (κ1) is 18.3. The number of aromatic amines is 1. The monoisotopic (exact) mass is 389 g/mol. The third-order valence-electron chi connectivity index (χ3n) is 6.20. The number of carbonyl (C=O) groups excluding carboxylic acids is 1. The van der Waals surface area contributed by atoms with Gasteiger partial charge in [0.15, 0.2) is 5.69 Å². The van der Waals surface area contributed by atoms with Crippen LogP contribution in [0.15, 0.2) is 36.7 Å². The molecule has 0 spiro atoms. The first-order valence-electron chi connectivity index (χ1n) is 10.7. The van der Waals surface area contributed by atoms with Crippen molar-refractivity contribution in [3.63, 3.8) is 0 Å². The van der Waals surface area contributed by atoms with Gasteiger partial charge in [-0.1, -0.05) is 12.5 Å². The molecular weight excluding hydrogens is 362 g/mol. The van der Waals surface area contributed by atoms with E-state index in [0.717, 1.165) is 41.4 Å². The molecule has 29 heavy (non-hydrogen) atoms. The Morgan fingerprint density at radius 3 is 2.72 bits per heavy atom. The lowest BCUT2D eigenvalue weighted by Gasteiger charge is -2.26. The van der Waals surface area contributed by atoms with Gasteiger partial charge in [-0.25, -0.2) is 0 Å². The number of rotatable bonds is 5. The second kappa shape index (κ2) is 7.95. The predicted octanol–water partition coefficient (Wildman–Crippen LogP) is 3.89. The van der Waals surface area contributed by atoms with E-state index in [1.165, 1.54) is 44.3 Å². The van der Waals surface area contributed by atoms with Gasteiger partial charge >= 0.3 is 0 Å². The zero-order valence-corrected chi connectivity index (χ0v) is 16.7. The third-order valence-corrected chi connectivity index (χ3v) is 6.20. The highest BCUT2D eigenvalue weighted by atomic mass is 16.2. The molecule has 1 aromatic carbocycles. The molecule has 0 bridgehead atoms. The zero-order chi connectivity index (χ0) is 19.6. The Hall–Kier alpha value is -2.73. The highest BCUT2D eigenvalue weighted by Gasteiger charge is 2.23. The van der Waals surface area contributed by atoms with E-state index in [-0.39, 0.29) is 5.91 Å². The van der Waals surface area contributed by atoms with Gasteiger partial charge < -0.3 is 5.32 Å². The third kappa shape index (κ3) is 3.90. The number of likely N-dealkylation sites (tertiary alicyclic amines) is 1. The number of carbonyl (C=O) groups is 1. The van der Waals surface area contributed by atoms with Gasteiger partial charge in [0.2, 0.25) is 0 Å². The summed E-state index contributed by atoms with van der Waals surface area (Å²) in [5.41, 5.74) is 4.73. The standard InChI is InChI=1S/C23H27N5O/c29-23(25-19-5-4-6-19)22-20-12-17(7-8-21(20)26-27-22)18-11-16(13-24-14-18)15-28-9-2-1-3-10-28/h7-8,11-14,19H,1-6,9-10,15H2,(H,25,29)(H,26,27). The maximum Gasteiger partial charge on any atom is 0.272 e. The van der Waals surface area contributed by atoms with Gasteiger partial charge in [0.25, 0.3) is 5.91 Å². The number of aromatic nitrogens is 3. The van der Waals surface area contributed by atoms with Crippen molar-refractivity contribution >= 4 is 16.8 Å². The average Bonchev–Trinajstić information content (AvgIpc) is 3.15. The summed E-state index contributed by atoms with van der Waals surface area (Å²) in [6, 6.07) is 8.63. The Bertz CT molecular complexity index is 1020. The van der Waals surface area contributed by atoms with Gasteiger partial charge in [-0.3, -0.25) is 19.8 Å². The van der Waals surface area contributed by atoms with Gasteiger partial charge in [-0.05, 0) is 74.5 Å². The van der Waals surface area contributed by atoms with Crippen LogP contribution >= 0.6 is 0 Å². The van der Waals surface area contributed by atoms with Crippen LogP contribution in [0.3, 0.4) is 0 Å². The molecule has 2 fully saturated rings. The quantitative estimate of drug-likeness (QED) is 0.694. The molecule has 6 heteroatoms. The summed E-state index contributed by atoms with van der Waals surface area (Å²) in [5.74, 6) is -0.0879. The van der Waals surface area contributed by atoms with Crippen LogP contribution in [0, 0.1) is 0 Å². The number of pyridine rings is 1. The molecule has 0 radical (unpaired) electrons. The van der Waals surface area contributed by atoms with E-state index in [1.807, 2.05) is 18.5 Å². The first-order valence-corrected chi connectivity index (χ1v) is 10.7. The van der Waals surface area contributed by atoms with Crippen LogP contribution in [0.25, 0.3) is 22.0 Å². The molecule has 150 valence electrons. The molecule has 0 atom stereocenters. The van der Waals surface area contributed by atoms with E-state index >= 15 is 0 Å². The van der Waals surface area contributed by atoms with Crippen molar-refractivity contribution in [2.24, 2.45) is 0 Å². The largest absolute Gasteiger partial charge is 0.348 e. The molecule has 3 aromatic rings. The van der Waals surface area contributed by atoms with Gasteiger partial charge in [-0.15, -0.1) is 0 Å². The highest BCUT2D eigenvalue weighted by Crippen LogP contribution is 2.27. The van der Waals surface area contributed by atoms with Crippen LogP contribution in [0.4, 0.5) is 0 Å². The summed E-state index contributed by atoms with van der Waals surface area (Å²) >= 11 is 0. The lowest BCUT2D eigenvalue weighted by Crippen LogP contribution is -2.39. The van der Waals surface area contributed by atoms with E-state index in [0.29, 0.717) is 11.7 Å². The van der Waals surface area contributed by atoms with Crippen LogP contribution in [0.5, 0.6) is 0 Å². The molecule has 0 unspecified atom stereocenters. The van der Waals surface area contributed by atoms with Crippen molar-refractivity contribution in [1.29, 1.82) is 0 Å². The maximum absolute atomic E-state index is 12.6. The molecule has 1 amide bonds. The Kier molecular flexibility index (Phi) is 5.02. The number of benzene rings is 1. The van der Waals surface area contributed by atoms with Gasteiger partial charge in [-0.2, -0.15) is 5.10 Å². The normalized spacial score (nSPS) is 17.9. The fourth-order valence-electron chi connectivity index (χ4n) is 4.28. The summed E-state index contributed by atoms with van der Waals surface area (Å²) in [5, 5.41) is 11.2. The minimum absolute atomic E-state index is 0.0879. The van der Waals surface area contributed by atoms with Crippen molar-refractivity contribution in [2.45, 2.75) is 51.1 Å². The first-order chi connectivity index (χ1) is 14.3. The molecule has 2 N–H and O–H groups in total. The molecule has 2 aliphatic rings. The Morgan fingerprint density at radius 2 is 1.93 bits per heavy atom. The molecule has 6 nitrogen and oxygen atoms in total. The topological polar surface area (TPSA) is 73.9 Å². The summed E-state index contributed by atoms with van der Waals surface area (Å²) in [4.78, 5) is 19.6. The molecule has 2 aromatic heterocycles. The molecule has 1 saturated carbocycles. The Morgan fingerprint density at radius 1 is 1.07 bits per heavy atom. The van der Waals surface area contributed by atoms with Crippen LogP contribution in [-0.4, -0.2) is 45.1 Å². The Balaban J connectivity index is 1.40. The second-order valence-corrected chi connectivity index (χ2v) is 8.35. The average molecular weight is 390 g/mol. The summed E-state index contributed by atoms with van der Waals surface area (Å²) < 4.78 is 0. The zero-order valence-electron chi connectivity index (χ0n) is 16.7. The van der Waals surface area contributed by atoms with Gasteiger partial charge in [0.05, 0.1) is 5.52 Å². The van der Waals surface area contributed by atoms with E-state index in [9.17, 15) is 4.79 Å². The lowest BCUT2D eigenvalue weighted by atomic mass is 9.93. The van der Waals surface area contributed by atoms with Crippen molar-refractivity contribution < 1.29 is 4.79 Å². The SMILES string of the molecule is O=C(NC1CCC1)c1n[nH]c2ccc(-c3cncc(CN4CCCCC4)c3)cc12. The van der Waals surface area contributed by atoms with Crippen LogP contribution < -0.4 is 5.32 Å². The van der Waals surface area contributed by atoms with Crippen molar-refractivity contribution in [1.82, 2.24) is 25.4 Å². The number of hydrogen-bond donors (Lipinski definition) is 2. The minimum atomic E-state index is -0.0879. The number of fused-ring (bicyclic) bond motifs is 1. The molecular formula is C23H27N5O. The second-order valence-electron chi connectivity index (χ2n) is 8.35. The van der Waals surface area contributed by atoms with Crippen LogP contribution in [0.1, 0.15) is 54.6 Å². The molecule has 5 rings (SSSR count). The number of H-pyrrole nitrogens is 1. The number of amides is 1. The summed E-state index contributed by atoms with van der Waals surface area (Å²) in [7, 11) is 0. The van der Waals surface area contributed by atoms with E-state index < -0.39 is 0 Å². The molecule has 3 heterocycles. The van der Waals surface area contributed by atoms with E-state index in [2.05, 4.69) is 43.6 Å². The van der Waals surface area contributed by atoms with E-state index in [1.54, 1.807) is 0 Å². The summed E-state index contributed by atoms with van der Waals surface area (Å²) in [6.07, 6.45) is 11.1. The smallest absolute Gasteiger partial charge is 0.272 e. The minimum Gasteiger partial charge on any atom is -0.348 e. The molecule has 1 saturated heterocycles. The fraction of sp³-hybridized carbons (Fsp3) is 0.435. The number of nitrogens with one attached hydrogen (secondary N) is 2. The van der Waals surface area contributed by atoms with Crippen LogP contribution in [-0.2, 0) is 6.54 Å². The number of hydrogen-bond acceptors (Lipinski definition) is 4. The maximum atomic E-state index is 12.6. The highest BCUT2D eigenvalue weighted by molar-refractivity contribution is 6.05. The van der Waals surface area contributed by atoms with E-state index in [4.69, 9.17) is 0 Å². The molecule has 1 aliphatic heterocycles. The summed E-state index contributed by atoms with van der Waals surface area (Å²) in [6.45, 7) is 3.29. The van der Waals surface area contributed by atoms with Crippen LogP contribution in [0.2, 0.25) is 0 Å². The lowest BCUT2D eigenvalue weighted by molar-refractivity contribution is 0.0913. The van der Waals surface area contributed by atoms with Crippen molar-refractivity contribution in [3.8, 4) is 11.1 Å². The van der Waals surface area contributed by atoms with Gasteiger partial charge in [0, 0.05) is 35.9 Å². The van der Waals surface area contributed by atoms with Gasteiger partial charge in [0.1, 0.15) is 0 Å². The number of nitrogens with zero attached hydrogens (tertiary/aromatic N) is 3. The predicted molar refractivity (Wildman–Crippen MR) is 114 cm³/mol. The Labute approximate surface area is 170 Å². The fourth-order valence-corrected chi connectivity index (χ4v) is 4.28.